The molecule has 0 fully saturated rings. The van der Waals surface area contributed by atoms with Gasteiger partial charge in [0.2, 0.25) is 0 Å². The number of hydrazone groups is 1. The van der Waals surface area contributed by atoms with Crippen LogP contribution in [0.15, 0.2) is 77.9 Å². The maximum Gasteiger partial charge on any atom is 0.343 e. The Hall–Kier alpha value is -4.53. The number of nitrogens with one attached hydrogen (secondary N) is 1. The fourth-order valence-electron chi connectivity index (χ4n) is 2.80. The van der Waals surface area contributed by atoms with Crippen LogP contribution >= 0.6 is 0 Å². The average Bonchev–Trinajstić information content (AvgIpc) is 2.85. The lowest BCUT2D eigenvalue weighted by Gasteiger charge is -2.07. The molecule has 3 rings (SSSR count). The number of nitro benzene ring substituents is 1. The molecule has 0 radical (unpaired) electrons. The third kappa shape index (κ3) is 6.99. The molecule has 0 unspecified atom stereocenters. The van der Waals surface area contributed by atoms with Crippen molar-refractivity contribution >= 4 is 23.8 Å². The molecule has 0 aliphatic rings. The number of hydrogen-bond donors (Lipinski definition) is 1. The summed E-state index contributed by atoms with van der Waals surface area (Å²) in [6.45, 7) is 2.72. The number of nitro groups is 1. The standard InChI is InChI=1S/C25H23N3O6/c1-2-3-15-33-22-13-9-19(10-14-22)25(30)34-23-11-7-18(8-12-23)17-26-27-24(29)20-5-4-6-21(16-20)28(31)32/h4-14,16-17H,2-3,15H2,1H3,(H,27,29). The number of benzene rings is 3. The van der Waals surface area contributed by atoms with Gasteiger partial charge in [0.25, 0.3) is 11.6 Å². The normalized spacial score (nSPS) is 10.6. The summed E-state index contributed by atoms with van der Waals surface area (Å²) in [5, 5.41) is 14.7. The lowest BCUT2D eigenvalue weighted by atomic mass is 10.2. The van der Waals surface area contributed by atoms with Crippen LogP contribution in [0.4, 0.5) is 5.69 Å². The molecule has 0 spiro atoms. The number of amides is 1. The summed E-state index contributed by atoms with van der Waals surface area (Å²) in [7, 11) is 0. The molecule has 174 valence electrons. The van der Waals surface area contributed by atoms with E-state index in [1.54, 1.807) is 48.5 Å². The van der Waals surface area contributed by atoms with Gasteiger partial charge in [-0.3, -0.25) is 14.9 Å². The Morgan fingerprint density at radius 2 is 1.71 bits per heavy atom. The summed E-state index contributed by atoms with van der Waals surface area (Å²) in [6, 6.07) is 18.6. The Morgan fingerprint density at radius 1 is 1.00 bits per heavy atom. The Labute approximate surface area is 196 Å². The largest absolute Gasteiger partial charge is 0.494 e. The SMILES string of the molecule is CCCCOc1ccc(C(=O)Oc2ccc(C=NNC(=O)c3cccc([N+](=O)[O-])c3)cc2)cc1. The fraction of sp³-hybridized carbons (Fsp3) is 0.160. The molecule has 0 heterocycles. The zero-order valence-electron chi connectivity index (χ0n) is 18.5. The highest BCUT2D eigenvalue weighted by molar-refractivity contribution is 5.95. The molecule has 9 heteroatoms. The first-order valence-electron chi connectivity index (χ1n) is 10.6. The zero-order chi connectivity index (χ0) is 24.3. The number of carbonyl (C=O) groups excluding carboxylic acids is 2. The van der Waals surface area contributed by atoms with Gasteiger partial charge in [-0.1, -0.05) is 19.4 Å². The first kappa shape index (κ1) is 24.1. The molecule has 1 amide bonds. The second-order valence-corrected chi connectivity index (χ2v) is 7.19. The van der Waals surface area contributed by atoms with Crippen LogP contribution in [0.1, 0.15) is 46.0 Å². The van der Waals surface area contributed by atoms with Gasteiger partial charge in [0.1, 0.15) is 11.5 Å². The number of ether oxygens (including phenoxy) is 2. The van der Waals surface area contributed by atoms with Crippen molar-refractivity contribution in [3.8, 4) is 11.5 Å². The number of rotatable bonds is 10. The van der Waals surface area contributed by atoms with Crippen LogP contribution in [0.2, 0.25) is 0 Å². The molecular formula is C25H23N3O6. The predicted octanol–water partition coefficient (Wildman–Crippen LogP) is 4.76. The van der Waals surface area contributed by atoms with E-state index in [-0.39, 0.29) is 11.3 Å². The second kappa shape index (κ2) is 11.9. The number of non-ortho nitro benzene ring substituents is 1. The molecule has 34 heavy (non-hydrogen) atoms. The van der Waals surface area contributed by atoms with E-state index < -0.39 is 16.8 Å². The molecule has 0 atom stereocenters. The molecule has 3 aromatic rings. The van der Waals surface area contributed by atoms with Gasteiger partial charge in [0.15, 0.2) is 0 Å². The predicted molar refractivity (Wildman–Crippen MR) is 126 cm³/mol. The molecule has 9 nitrogen and oxygen atoms in total. The molecule has 0 aliphatic heterocycles. The van der Waals surface area contributed by atoms with Crippen molar-refractivity contribution in [3.05, 3.63) is 99.6 Å². The quantitative estimate of drug-likeness (QED) is 0.116. The first-order valence-corrected chi connectivity index (χ1v) is 10.6. The van der Waals surface area contributed by atoms with Gasteiger partial charge >= 0.3 is 5.97 Å². The van der Waals surface area contributed by atoms with Crippen molar-refractivity contribution in [3.63, 3.8) is 0 Å². The van der Waals surface area contributed by atoms with Crippen LogP contribution in [-0.4, -0.2) is 29.6 Å². The molecule has 0 saturated heterocycles. The zero-order valence-corrected chi connectivity index (χ0v) is 18.5. The molecular weight excluding hydrogens is 438 g/mol. The summed E-state index contributed by atoms with van der Waals surface area (Å²) < 4.78 is 11.0. The van der Waals surface area contributed by atoms with E-state index >= 15 is 0 Å². The number of nitrogens with zero attached hydrogens (tertiary/aromatic N) is 2. The topological polar surface area (TPSA) is 120 Å². The Bertz CT molecular complexity index is 1170. The summed E-state index contributed by atoms with van der Waals surface area (Å²) >= 11 is 0. The number of esters is 1. The van der Waals surface area contributed by atoms with Crippen LogP contribution in [0, 0.1) is 10.1 Å². The summed E-state index contributed by atoms with van der Waals surface area (Å²) in [5.74, 6) is -0.0182. The van der Waals surface area contributed by atoms with E-state index in [4.69, 9.17) is 9.47 Å². The maximum atomic E-state index is 12.3. The molecule has 0 bridgehead atoms. The Kier molecular flexibility index (Phi) is 8.45. The lowest BCUT2D eigenvalue weighted by molar-refractivity contribution is -0.384. The Balaban J connectivity index is 1.52. The second-order valence-electron chi connectivity index (χ2n) is 7.19. The van der Waals surface area contributed by atoms with E-state index in [2.05, 4.69) is 17.5 Å². The van der Waals surface area contributed by atoms with Crippen molar-refractivity contribution in [1.29, 1.82) is 0 Å². The van der Waals surface area contributed by atoms with Gasteiger partial charge in [-0.15, -0.1) is 0 Å². The van der Waals surface area contributed by atoms with Crippen molar-refractivity contribution in [2.75, 3.05) is 6.61 Å². The van der Waals surface area contributed by atoms with Crippen LogP contribution in [0.5, 0.6) is 11.5 Å². The van der Waals surface area contributed by atoms with Crippen molar-refractivity contribution < 1.29 is 24.0 Å². The van der Waals surface area contributed by atoms with E-state index in [1.165, 1.54) is 30.5 Å². The van der Waals surface area contributed by atoms with E-state index in [0.29, 0.717) is 29.2 Å². The van der Waals surface area contributed by atoms with Crippen molar-refractivity contribution in [1.82, 2.24) is 5.43 Å². The molecule has 1 N–H and O–H groups in total. The number of carbonyl (C=O) groups is 2. The van der Waals surface area contributed by atoms with Gasteiger partial charge < -0.3 is 9.47 Å². The monoisotopic (exact) mass is 461 g/mol. The molecule has 0 aromatic heterocycles. The van der Waals surface area contributed by atoms with Gasteiger partial charge in [-0.25, -0.2) is 10.2 Å². The first-order chi connectivity index (χ1) is 16.5. The van der Waals surface area contributed by atoms with E-state index in [1.807, 2.05) is 0 Å². The van der Waals surface area contributed by atoms with Gasteiger partial charge in [0.05, 0.1) is 23.3 Å². The van der Waals surface area contributed by atoms with Crippen LogP contribution in [-0.2, 0) is 0 Å². The van der Waals surface area contributed by atoms with E-state index in [9.17, 15) is 19.7 Å². The third-order valence-electron chi connectivity index (χ3n) is 4.65. The van der Waals surface area contributed by atoms with Gasteiger partial charge in [-0.05, 0) is 66.6 Å². The van der Waals surface area contributed by atoms with Gasteiger partial charge in [-0.2, -0.15) is 5.10 Å². The smallest absolute Gasteiger partial charge is 0.343 e. The third-order valence-corrected chi connectivity index (χ3v) is 4.65. The van der Waals surface area contributed by atoms with Crippen molar-refractivity contribution in [2.45, 2.75) is 19.8 Å². The summed E-state index contributed by atoms with van der Waals surface area (Å²) in [4.78, 5) is 34.7. The minimum atomic E-state index is -0.577. The molecule has 0 saturated carbocycles. The lowest BCUT2D eigenvalue weighted by Crippen LogP contribution is -2.17. The number of unbranched alkanes of at least 4 members (excludes halogenated alkanes) is 1. The highest BCUT2D eigenvalue weighted by Crippen LogP contribution is 2.17. The molecule has 3 aromatic carbocycles. The fourth-order valence-corrected chi connectivity index (χ4v) is 2.80. The van der Waals surface area contributed by atoms with E-state index in [0.717, 1.165) is 12.8 Å². The highest BCUT2D eigenvalue weighted by Gasteiger charge is 2.11. The van der Waals surface area contributed by atoms with Crippen molar-refractivity contribution in [2.24, 2.45) is 5.10 Å². The summed E-state index contributed by atoms with van der Waals surface area (Å²) in [5.41, 5.74) is 3.30. The highest BCUT2D eigenvalue weighted by atomic mass is 16.6. The van der Waals surface area contributed by atoms with Crippen LogP contribution in [0.3, 0.4) is 0 Å². The average molecular weight is 461 g/mol. The Morgan fingerprint density at radius 3 is 2.38 bits per heavy atom. The minimum absolute atomic E-state index is 0.120. The van der Waals surface area contributed by atoms with Gasteiger partial charge in [0, 0.05) is 17.7 Å². The summed E-state index contributed by atoms with van der Waals surface area (Å²) in [6.07, 6.45) is 3.41. The minimum Gasteiger partial charge on any atom is -0.494 e. The van der Waals surface area contributed by atoms with Crippen LogP contribution < -0.4 is 14.9 Å². The number of hydrogen-bond acceptors (Lipinski definition) is 7. The maximum absolute atomic E-state index is 12.3. The van der Waals surface area contributed by atoms with Crippen LogP contribution in [0.25, 0.3) is 0 Å². The molecule has 0 aliphatic carbocycles.